The number of benzene rings is 1. The van der Waals surface area contributed by atoms with Crippen LogP contribution in [0.4, 0.5) is 0 Å². The topological polar surface area (TPSA) is 69.0 Å². The molecule has 2 aromatic rings. The van der Waals surface area contributed by atoms with Gasteiger partial charge in [-0.25, -0.2) is 0 Å². The Bertz CT molecular complexity index is 999. The molecule has 3 atom stereocenters. The number of hydrogen-bond donors (Lipinski definition) is 1. The molecule has 1 saturated heterocycles. The third-order valence-electron chi connectivity index (χ3n) is 6.12. The monoisotopic (exact) mass is 420 g/mol. The Morgan fingerprint density at radius 2 is 2.20 bits per heavy atom. The van der Waals surface area contributed by atoms with Crippen LogP contribution in [0.1, 0.15) is 57.6 Å². The van der Waals surface area contributed by atoms with Crippen molar-refractivity contribution in [1.29, 1.82) is 5.26 Å². The van der Waals surface area contributed by atoms with E-state index in [1.165, 1.54) is 10.9 Å². The Kier molecular flexibility index (Phi) is 5.91. The molecule has 1 amide bonds. The van der Waals surface area contributed by atoms with Gasteiger partial charge in [-0.05, 0) is 41.8 Å². The summed E-state index contributed by atoms with van der Waals surface area (Å²) in [7, 11) is 0.518. The van der Waals surface area contributed by atoms with Gasteiger partial charge in [0.05, 0.1) is 35.7 Å². The van der Waals surface area contributed by atoms with Crippen molar-refractivity contribution in [3.63, 3.8) is 0 Å². The maximum atomic E-state index is 13.2. The summed E-state index contributed by atoms with van der Waals surface area (Å²) in [5.41, 5.74) is 3.74. The Balaban J connectivity index is 1.57. The summed E-state index contributed by atoms with van der Waals surface area (Å²) in [6.45, 7) is 7.27. The van der Waals surface area contributed by atoms with Gasteiger partial charge < -0.3 is 4.90 Å². The molecule has 4 rings (SSSR count). The van der Waals surface area contributed by atoms with Crippen LogP contribution in [0.5, 0.6) is 0 Å². The van der Waals surface area contributed by atoms with Gasteiger partial charge in [-0.15, -0.1) is 0 Å². The number of aromatic nitrogens is 1. The van der Waals surface area contributed by atoms with Gasteiger partial charge in [0, 0.05) is 17.8 Å². The van der Waals surface area contributed by atoms with Gasteiger partial charge in [0.25, 0.3) is 0 Å². The lowest BCUT2D eigenvalue weighted by atomic mass is 9.93. The summed E-state index contributed by atoms with van der Waals surface area (Å²) in [6, 6.07) is 12.3. The van der Waals surface area contributed by atoms with Gasteiger partial charge in [0.15, 0.2) is 0 Å². The fourth-order valence-electron chi connectivity index (χ4n) is 4.71. The lowest BCUT2D eigenvalue weighted by molar-refractivity contribution is -0.139. The van der Waals surface area contributed by atoms with Crippen molar-refractivity contribution >= 4 is 19.8 Å². The molecule has 5 nitrogen and oxygen atoms in total. The first-order chi connectivity index (χ1) is 14.5. The number of amides is 1. The number of pyridine rings is 1. The van der Waals surface area contributed by atoms with Crippen LogP contribution in [0.3, 0.4) is 0 Å². The molecule has 0 saturated carbocycles. The van der Waals surface area contributed by atoms with Crippen LogP contribution in [0.2, 0.25) is 0 Å². The zero-order valence-electron chi connectivity index (χ0n) is 17.9. The highest BCUT2D eigenvalue weighted by Crippen LogP contribution is 2.54. The van der Waals surface area contributed by atoms with E-state index in [1.807, 2.05) is 12.1 Å². The van der Waals surface area contributed by atoms with E-state index in [1.54, 1.807) is 12.3 Å². The Morgan fingerprint density at radius 1 is 1.37 bits per heavy atom. The highest BCUT2D eigenvalue weighted by atomic mass is 31.1. The van der Waals surface area contributed by atoms with Crippen LogP contribution in [-0.2, 0) is 10.1 Å². The van der Waals surface area contributed by atoms with Crippen LogP contribution in [0, 0.1) is 17.2 Å². The summed E-state index contributed by atoms with van der Waals surface area (Å²) in [5.74, 6) is 0.844. The molecule has 2 aliphatic rings. The lowest BCUT2D eigenvalue weighted by Gasteiger charge is -2.51. The minimum atomic E-state index is -0.236. The van der Waals surface area contributed by atoms with Crippen molar-refractivity contribution in [3.8, 4) is 17.3 Å². The van der Waals surface area contributed by atoms with Crippen LogP contribution in [-0.4, -0.2) is 28.5 Å². The summed E-state index contributed by atoms with van der Waals surface area (Å²) < 4.78 is 0. The molecular formula is C24H29N4OP. The summed E-state index contributed by atoms with van der Waals surface area (Å²) in [5, 5.41) is 14.0. The number of nitriles is 1. The largest absolute Gasteiger partial charge is 0.327 e. The van der Waals surface area contributed by atoms with Gasteiger partial charge in [-0.3, -0.25) is 15.1 Å². The first-order valence-corrected chi connectivity index (χ1v) is 11.8. The molecular weight excluding hydrogens is 391 g/mol. The Hall–Kier alpha value is -2.28. The molecule has 1 aromatic heterocycles. The predicted molar refractivity (Wildman–Crippen MR) is 122 cm³/mol. The molecule has 6 heteroatoms. The molecule has 30 heavy (non-hydrogen) atoms. The first-order valence-electron chi connectivity index (χ1n) is 10.8. The number of hydrogen-bond acceptors (Lipinski definition) is 4. The molecule has 2 aliphatic heterocycles. The zero-order valence-corrected chi connectivity index (χ0v) is 18.9. The maximum Gasteiger partial charge on any atom is 0.226 e. The normalized spacial score (nSPS) is 22.1. The van der Waals surface area contributed by atoms with Crippen molar-refractivity contribution in [1.82, 2.24) is 15.2 Å². The van der Waals surface area contributed by atoms with Crippen LogP contribution in [0.15, 0.2) is 36.5 Å². The molecule has 1 spiro atoms. The average molecular weight is 420 g/mol. The molecule has 3 heterocycles. The fraction of sp³-hybridized carbons (Fsp3) is 0.458. The van der Waals surface area contributed by atoms with Crippen LogP contribution >= 0.6 is 8.58 Å². The lowest BCUT2D eigenvalue weighted by Crippen LogP contribution is -2.62. The van der Waals surface area contributed by atoms with E-state index in [9.17, 15) is 10.1 Å². The Morgan fingerprint density at radius 3 is 2.90 bits per heavy atom. The fourth-order valence-corrected chi connectivity index (χ4v) is 6.48. The molecule has 0 radical (unpaired) electrons. The second-order valence-electron chi connectivity index (χ2n) is 8.75. The number of rotatable bonds is 6. The van der Waals surface area contributed by atoms with Crippen LogP contribution < -0.4 is 10.6 Å². The number of nitrogens with zero attached hydrogens (tertiary/aromatic N) is 3. The highest BCUT2D eigenvalue weighted by Gasteiger charge is 2.49. The van der Waals surface area contributed by atoms with Crippen molar-refractivity contribution in [2.75, 3.05) is 6.67 Å². The third-order valence-corrected chi connectivity index (χ3v) is 7.96. The minimum Gasteiger partial charge on any atom is -0.327 e. The molecule has 156 valence electrons. The molecule has 0 aliphatic carbocycles. The van der Waals surface area contributed by atoms with E-state index in [0.29, 0.717) is 39.2 Å². The second kappa shape index (κ2) is 8.46. The SMILES string of the molecule is CCCC(CC(C)C)N1CNC2(CC1=O)Pc1c(-c3cc(C#N)ccn3)cccc12. The van der Waals surface area contributed by atoms with Gasteiger partial charge in [-0.1, -0.05) is 54.0 Å². The summed E-state index contributed by atoms with van der Waals surface area (Å²) >= 11 is 0. The molecule has 1 N–H and O–H groups in total. The van der Waals surface area contributed by atoms with Crippen molar-refractivity contribution in [2.24, 2.45) is 5.92 Å². The second-order valence-corrected chi connectivity index (χ2v) is 10.4. The van der Waals surface area contributed by atoms with Gasteiger partial charge in [0.2, 0.25) is 5.91 Å². The van der Waals surface area contributed by atoms with Crippen molar-refractivity contribution in [2.45, 2.75) is 57.8 Å². The standard InChI is InChI=1S/C24H29N4OP/c1-4-6-18(11-16(2)3)28-15-27-24(13-22(28)29)20-8-5-7-19(23(20)30-24)21-12-17(14-25)9-10-26-21/h5,7-10,12,16,18,27,30H,4,6,11,13,15H2,1-3H3. The first kappa shape index (κ1) is 21.0. The molecule has 1 aromatic carbocycles. The van der Waals surface area contributed by atoms with Gasteiger partial charge in [0.1, 0.15) is 0 Å². The smallest absolute Gasteiger partial charge is 0.226 e. The molecule has 3 unspecified atom stereocenters. The van der Waals surface area contributed by atoms with Gasteiger partial charge >= 0.3 is 0 Å². The van der Waals surface area contributed by atoms with Gasteiger partial charge in [-0.2, -0.15) is 5.26 Å². The number of fused-ring (bicyclic) bond motifs is 2. The quantitative estimate of drug-likeness (QED) is 0.715. The average Bonchev–Trinajstić information content (AvgIpc) is 2.72. The van der Waals surface area contributed by atoms with E-state index in [2.05, 4.69) is 54.2 Å². The predicted octanol–water partition coefficient (Wildman–Crippen LogP) is 4.08. The molecule has 0 bridgehead atoms. The van der Waals surface area contributed by atoms with E-state index < -0.39 is 0 Å². The zero-order chi connectivity index (χ0) is 21.3. The number of carbonyl (C=O) groups is 1. The van der Waals surface area contributed by atoms with Crippen molar-refractivity contribution < 1.29 is 4.79 Å². The Labute approximate surface area is 180 Å². The van der Waals surface area contributed by atoms with E-state index in [0.717, 1.165) is 30.5 Å². The van der Waals surface area contributed by atoms with E-state index in [-0.39, 0.29) is 11.2 Å². The van der Waals surface area contributed by atoms with Crippen molar-refractivity contribution in [3.05, 3.63) is 47.7 Å². The van der Waals surface area contributed by atoms with E-state index >= 15 is 0 Å². The highest BCUT2D eigenvalue weighted by molar-refractivity contribution is 7.51. The number of carbonyl (C=O) groups excluding carboxylic acids is 1. The summed E-state index contributed by atoms with van der Waals surface area (Å²) in [4.78, 5) is 19.7. The minimum absolute atomic E-state index is 0.236. The maximum absolute atomic E-state index is 13.2. The summed E-state index contributed by atoms with van der Waals surface area (Å²) in [6.07, 6.45) is 5.41. The molecule has 1 fully saturated rings. The van der Waals surface area contributed by atoms with Crippen LogP contribution in [0.25, 0.3) is 11.3 Å². The third kappa shape index (κ3) is 3.75. The van der Waals surface area contributed by atoms with E-state index in [4.69, 9.17) is 0 Å². The number of nitrogens with one attached hydrogen (secondary N) is 1.